The molecule has 0 unspecified atom stereocenters. The summed E-state index contributed by atoms with van der Waals surface area (Å²) in [4.78, 5) is 12.7. The van der Waals surface area contributed by atoms with Crippen molar-refractivity contribution in [2.24, 2.45) is 0 Å². The van der Waals surface area contributed by atoms with Crippen molar-refractivity contribution in [3.63, 3.8) is 0 Å². The standard InChI is InChI=1S/C21H21NO3S2/c1-17(23)19-9-11-21(12-10-19)27(24,25)22(16-20-8-5-15-26-20)14-13-18-6-3-2-4-7-18/h2-12,15H,13-14,16H2,1H3. The first-order valence-electron chi connectivity index (χ1n) is 8.64. The van der Waals surface area contributed by atoms with Crippen LogP contribution in [-0.2, 0) is 23.0 Å². The lowest BCUT2D eigenvalue weighted by atomic mass is 10.1. The van der Waals surface area contributed by atoms with E-state index in [2.05, 4.69) is 0 Å². The molecule has 3 aromatic rings. The topological polar surface area (TPSA) is 54.5 Å². The molecule has 6 heteroatoms. The predicted molar refractivity (Wildman–Crippen MR) is 109 cm³/mol. The number of hydrogen-bond acceptors (Lipinski definition) is 4. The summed E-state index contributed by atoms with van der Waals surface area (Å²) in [5.74, 6) is -0.0848. The number of carbonyl (C=O) groups excluding carboxylic acids is 1. The zero-order chi connectivity index (χ0) is 19.3. The second-order valence-corrected chi connectivity index (χ2v) is 9.20. The highest BCUT2D eigenvalue weighted by Crippen LogP contribution is 2.22. The lowest BCUT2D eigenvalue weighted by Gasteiger charge is -2.22. The number of nitrogens with zero attached hydrogens (tertiary/aromatic N) is 1. The first-order valence-corrected chi connectivity index (χ1v) is 11.0. The molecule has 0 aliphatic heterocycles. The zero-order valence-electron chi connectivity index (χ0n) is 15.0. The number of ketones is 1. The van der Waals surface area contributed by atoms with E-state index in [1.165, 1.54) is 34.7 Å². The molecule has 2 aromatic carbocycles. The van der Waals surface area contributed by atoms with Crippen LogP contribution in [0.15, 0.2) is 77.0 Å². The molecule has 0 amide bonds. The maximum atomic E-state index is 13.2. The summed E-state index contributed by atoms with van der Waals surface area (Å²) in [6.07, 6.45) is 0.636. The Balaban J connectivity index is 1.86. The molecular weight excluding hydrogens is 378 g/mol. The monoisotopic (exact) mass is 399 g/mol. The van der Waals surface area contributed by atoms with Crippen molar-refractivity contribution in [2.75, 3.05) is 6.54 Å². The predicted octanol–water partition coefficient (Wildman–Crippen LogP) is 4.38. The molecular formula is C21H21NO3S2. The molecule has 1 heterocycles. The fraction of sp³-hybridized carbons (Fsp3) is 0.190. The summed E-state index contributed by atoms with van der Waals surface area (Å²) < 4.78 is 27.9. The third-order valence-electron chi connectivity index (χ3n) is 4.30. The molecule has 0 saturated carbocycles. The van der Waals surface area contributed by atoms with Crippen molar-refractivity contribution in [1.29, 1.82) is 0 Å². The van der Waals surface area contributed by atoms with E-state index in [1.54, 1.807) is 12.1 Å². The lowest BCUT2D eigenvalue weighted by molar-refractivity contribution is 0.101. The number of hydrogen-bond donors (Lipinski definition) is 0. The van der Waals surface area contributed by atoms with E-state index in [1.807, 2.05) is 47.8 Å². The number of sulfonamides is 1. The third kappa shape index (κ3) is 4.91. The van der Waals surface area contributed by atoms with E-state index in [0.717, 1.165) is 10.4 Å². The van der Waals surface area contributed by atoms with Gasteiger partial charge in [0, 0.05) is 23.5 Å². The van der Waals surface area contributed by atoms with Gasteiger partial charge in [-0.1, -0.05) is 48.5 Å². The van der Waals surface area contributed by atoms with Gasteiger partial charge in [0.05, 0.1) is 4.90 Å². The van der Waals surface area contributed by atoms with Crippen LogP contribution < -0.4 is 0 Å². The lowest BCUT2D eigenvalue weighted by Crippen LogP contribution is -2.32. The fourth-order valence-corrected chi connectivity index (χ4v) is 4.99. The van der Waals surface area contributed by atoms with Crippen LogP contribution in [0.1, 0.15) is 27.7 Å². The molecule has 140 valence electrons. The van der Waals surface area contributed by atoms with Gasteiger partial charge >= 0.3 is 0 Å². The minimum atomic E-state index is -3.66. The first-order chi connectivity index (χ1) is 13.0. The molecule has 0 aliphatic rings. The summed E-state index contributed by atoms with van der Waals surface area (Å²) >= 11 is 1.54. The van der Waals surface area contributed by atoms with Crippen molar-refractivity contribution in [3.05, 3.63) is 88.1 Å². The van der Waals surface area contributed by atoms with Crippen LogP contribution in [-0.4, -0.2) is 25.1 Å². The summed E-state index contributed by atoms with van der Waals surface area (Å²) in [6, 6.07) is 19.9. The molecule has 0 fully saturated rings. The van der Waals surface area contributed by atoms with E-state index < -0.39 is 10.0 Å². The smallest absolute Gasteiger partial charge is 0.243 e. The maximum absolute atomic E-state index is 13.2. The Morgan fingerprint density at radius 1 is 0.963 bits per heavy atom. The van der Waals surface area contributed by atoms with Gasteiger partial charge in [-0.2, -0.15) is 4.31 Å². The number of rotatable bonds is 8. The van der Waals surface area contributed by atoms with Crippen molar-refractivity contribution >= 4 is 27.1 Å². The molecule has 0 spiro atoms. The Labute approximate surface area is 164 Å². The van der Waals surface area contributed by atoms with Gasteiger partial charge in [0.25, 0.3) is 0 Å². The molecule has 0 aliphatic carbocycles. The Bertz CT molecular complexity index is 980. The zero-order valence-corrected chi connectivity index (χ0v) is 16.7. The minimum absolute atomic E-state index is 0.0848. The largest absolute Gasteiger partial charge is 0.295 e. The molecule has 0 saturated heterocycles. The first kappa shape index (κ1) is 19.5. The van der Waals surface area contributed by atoms with Crippen molar-refractivity contribution in [3.8, 4) is 0 Å². The van der Waals surface area contributed by atoms with Crippen LogP contribution in [0.5, 0.6) is 0 Å². The van der Waals surface area contributed by atoms with E-state index in [-0.39, 0.29) is 10.7 Å². The Morgan fingerprint density at radius 3 is 2.26 bits per heavy atom. The Hall–Kier alpha value is -2.28. The molecule has 4 nitrogen and oxygen atoms in total. The van der Waals surface area contributed by atoms with Gasteiger partial charge in [-0.15, -0.1) is 11.3 Å². The quantitative estimate of drug-likeness (QED) is 0.528. The second-order valence-electron chi connectivity index (χ2n) is 6.23. The highest BCUT2D eigenvalue weighted by Gasteiger charge is 2.25. The summed E-state index contributed by atoms with van der Waals surface area (Å²) in [7, 11) is -3.66. The summed E-state index contributed by atoms with van der Waals surface area (Å²) in [5, 5.41) is 1.94. The van der Waals surface area contributed by atoms with Gasteiger partial charge < -0.3 is 0 Å². The number of thiophene rings is 1. The van der Waals surface area contributed by atoms with Crippen molar-refractivity contribution in [1.82, 2.24) is 4.31 Å². The second kappa shape index (κ2) is 8.61. The van der Waals surface area contributed by atoms with E-state index in [4.69, 9.17) is 0 Å². The summed E-state index contributed by atoms with van der Waals surface area (Å²) in [6.45, 7) is 2.19. The fourth-order valence-electron chi connectivity index (χ4n) is 2.77. The summed E-state index contributed by atoms with van der Waals surface area (Å²) in [5.41, 5.74) is 1.60. The SMILES string of the molecule is CC(=O)c1ccc(S(=O)(=O)N(CCc2ccccc2)Cc2cccs2)cc1. The van der Waals surface area contributed by atoms with Gasteiger partial charge in [-0.25, -0.2) is 8.42 Å². The maximum Gasteiger partial charge on any atom is 0.243 e. The van der Waals surface area contributed by atoms with Crippen LogP contribution in [0.25, 0.3) is 0 Å². The number of benzene rings is 2. The van der Waals surface area contributed by atoms with Crippen molar-refractivity contribution < 1.29 is 13.2 Å². The van der Waals surface area contributed by atoms with Crippen molar-refractivity contribution in [2.45, 2.75) is 24.8 Å². The molecule has 27 heavy (non-hydrogen) atoms. The molecule has 0 radical (unpaired) electrons. The van der Waals surface area contributed by atoms with Crippen LogP contribution in [0.3, 0.4) is 0 Å². The molecule has 0 atom stereocenters. The van der Waals surface area contributed by atoms with Gasteiger partial charge in [-0.3, -0.25) is 4.79 Å². The van der Waals surface area contributed by atoms with Crippen LogP contribution in [0.4, 0.5) is 0 Å². The van der Waals surface area contributed by atoms with E-state index in [9.17, 15) is 13.2 Å². The van der Waals surface area contributed by atoms with Crippen LogP contribution in [0.2, 0.25) is 0 Å². The Morgan fingerprint density at radius 2 is 1.67 bits per heavy atom. The van der Waals surface area contributed by atoms with Crippen LogP contribution in [0, 0.1) is 0 Å². The highest BCUT2D eigenvalue weighted by atomic mass is 32.2. The van der Waals surface area contributed by atoms with E-state index >= 15 is 0 Å². The van der Waals surface area contributed by atoms with Gasteiger partial charge in [0.15, 0.2) is 5.78 Å². The normalized spacial score (nSPS) is 11.6. The van der Waals surface area contributed by atoms with Gasteiger partial charge in [0.1, 0.15) is 0 Å². The molecule has 3 rings (SSSR count). The Kier molecular flexibility index (Phi) is 6.21. The number of carbonyl (C=O) groups is 1. The molecule has 0 N–H and O–H groups in total. The minimum Gasteiger partial charge on any atom is -0.295 e. The average molecular weight is 400 g/mol. The third-order valence-corrected chi connectivity index (χ3v) is 7.02. The van der Waals surface area contributed by atoms with Gasteiger partial charge in [-0.05, 0) is 42.5 Å². The average Bonchev–Trinajstić information content (AvgIpc) is 3.19. The highest BCUT2D eigenvalue weighted by molar-refractivity contribution is 7.89. The van der Waals surface area contributed by atoms with E-state index in [0.29, 0.717) is 25.1 Å². The van der Waals surface area contributed by atoms with Crippen LogP contribution >= 0.6 is 11.3 Å². The van der Waals surface area contributed by atoms with Gasteiger partial charge in [0.2, 0.25) is 10.0 Å². The molecule has 0 bridgehead atoms. The number of Topliss-reactive ketones (excluding diaryl/α,β-unsaturated/α-hetero) is 1. The molecule has 1 aromatic heterocycles.